The first-order valence-corrected chi connectivity index (χ1v) is 7.40. The van der Waals surface area contributed by atoms with Gasteiger partial charge in [0.2, 0.25) is 5.91 Å². The Morgan fingerprint density at radius 1 is 1.14 bits per heavy atom. The molecule has 1 aromatic carbocycles. The van der Waals surface area contributed by atoms with Crippen LogP contribution in [0.15, 0.2) is 30.3 Å². The molecule has 21 heavy (non-hydrogen) atoms. The van der Waals surface area contributed by atoms with Gasteiger partial charge in [-0.05, 0) is 12.0 Å². The van der Waals surface area contributed by atoms with Gasteiger partial charge in [0.05, 0.1) is 0 Å². The molecule has 0 radical (unpaired) electrons. The maximum Gasteiger partial charge on any atom is 0.317 e. The Bertz CT molecular complexity index is 538. The summed E-state index contributed by atoms with van der Waals surface area (Å²) in [5, 5.41) is 2.95. The van der Waals surface area contributed by atoms with Crippen molar-refractivity contribution in [1.29, 1.82) is 0 Å². The Morgan fingerprint density at radius 2 is 1.81 bits per heavy atom. The molecule has 2 aliphatic rings. The minimum absolute atomic E-state index is 0.00856. The highest BCUT2D eigenvalue weighted by Crippen LogP contribution is 2.39. The van der Waals surface area contributed by atoms with Crippen molar-refractivity contribution < 1.29 is 9.59 Å². The van der Waals surface area contributed by atoms with Gasteiger partial charge in [-0.1, -0.05) is 30.3 Å². The van der Waals surface area contributed by atoms with Gasteiger partial charge in [0.25, 0.3) is 0 Å². The molecule has 5 heteroatoms. The smallest absolute Gasteiger partial charge is 0.317 e. The van der Waals surface area contributed by atoms with Gasteiger partial charge in [0.15, 0.2) is 0 Å². The minimum atomic E-state index is -0.00856. The topological polar surface area (TPSA) is 52.7 Å². The standard InChI is InChI=1S/C16H21N3O2/c1-13(20)18-8-7-16(10-18)11-19(12-16)15(21)17-9-14-5-3-2-4-6-14/h2-6H,7-12H2,1H3,(H,17,21). The summed E-state index contributed by atoms with van der Waals surface area (Å²) in [4.78, 5) is 27.2. The number of carbonyl (C=O) groups is 2. The number of carbonyl (C=O) groups excluding carboxylic acids is 2. The predicted molar refractivity (Wildman–Crippen MR) is 79.6 cm³/mol. The Kier molecular flexibility index (Phi) is 3.57. The van der Waals surface area contributed by atoms with Gasteiger partial charge in [-0.15, -0.1) is 0 Å². The lowest BCUT2D eigenvalue weighted by atomic mass is 9.79. The van der Waals surface area contributed by atoms with Gasteiger partial charge in [-0.2, -0.15) is 0 Å². The molecular weight excluding hydrogens is 266 g/mol. The molecule has 2 saturated heterocycles. The highest BCUT2D eigenvalue weighted by Gasteiger charge is 2.49. The van der Waals surface area contributed by atoms with E-state index in [1.807, 2.05) is 40.1 Å². The van der Waals surface area contributed by atoms with Crippen LogP contribution in [0.3, 0.4) is 0 Å². The molecule has 0 aliphatic carbocycles. The Labute approximate surface area is 124 Å². The molecule has 0 unspecified atom stereocenters. The molecule has 0 atom stereocenters. The van der Waals surface area contributed by atoms with Crippen LogP contribution in [0.5, 0.6) is 0 Å². The lowest BCUT2D eigenvalue weighted by Gasteiger charge is -2.47. The van der Waals surface area contributed by atoms with Crippen molar-refractivity contribution in [3.8, 4) is 0 Å². The zero-order valence-electron chi connectivity index (χ0n) is 12.3. The van der Waals surface area contributed by atoms with Gasteiger partial charge in [0.1, 0.15) is 0 Å². The van der Waals surface area contributed by atoms with Crippen LogP contribution in [0, 0.1) is 5.41 Å². The number of hydrogen-bond donors (Lipinski definition) is 1. The fourth-order valence-corrected chi connectivity index (χ4v) is 3.25. The SMILES string of the molecule is CC(=O)N1CCC2(C1)CN(C(=O)NCc1ccccc1)C2. The predicted octanol–water partition coefficient (Wildman–Crippen LogP) is 1.45. The van der Waals surface area contributed by atoms with Crippen LogP contribution in [0.25, 0.3) is 0 Å². The van der Waals surface area contributed by atoms with Crippen molar-refractivity contribution in [2.75, 3.05) is 26.2 Å². The summed E-state index contributed by atoms with van der Waals surface area (Å²) >= 11 is 0. The van der Waals surface area contributed by atoms with E-state index in [9.17, 15) is 9.59 Å². The molecule has 2 heterocycles. The number of likely N-dealkylation sites (tertiary alicyclic amines) is 2. The van der Waals surface area contributed by atoms with Crippen LogP contribution in [0.4, 0.5) is 4.79 Å². The lowest BCUT2D eigenvalue weighted by Crippen LogP contribution is -2.61. The summed E-state index contributed by atoms with van der Waals surface area (Å²) < 4.78 is 0. The maximum absolute atomic E-state index is 12.1. The summed E-state index contributed by atoms with van der Waals surface area (Å²) in [5.41, 5.74) is 1.25. The highest BCUT2D eigenvalue weighted by atomic mass is 16.2. The fourth-order valence-electron chi connectivity index (χ4n) is 3.25. The Morgan fingerprint density at radius 3 is 2.43 bits per heavy atom. The number of urea groups is 1. The number of benzene rings is 1. The van der Waals surface area contributed by atoms with E-state index in [4.69, 9.17) is 0 Å². The number of amides is 3. The molecule has 0 bridgehead atoms. The fraction of sp³-hybridized carbons (Fsp3) is 0.500. The molecule has 3 rings (SSSR count). The highest BCUT2D eigenvalue weighted by molar-refractivity contribution is 5.76. The van der Waals surface area contributed by atoms with E-state index in [1.165, 1.54) is 0 Å². The molecule has 1 N–H and O–H groups in total. The third-order valence-corrected chi connectivity index (χ3v) is 4.51. The number of hydrogen-bond acceptors (Lipinski definition) is 2. The summed E-state index contributed by atoms with van der Waals surface area (Å²) in [5.74, 6) is 0.138. The van der Waals surface area contributed by atoms with Gasteiger partial charge in [-0.3, -0.25) is 4.79 Å². The monoisotopic (exact) mass is 287 g/mol. The van der Waals surface area contributed by atoms with Crippen molar-refractivity contribution in [2.45, 2.75) is 19.9 Å². The minimum Gasteiger partial charge on any atom is -0.342 e. The first-order valence-electron chi connectivity index (χ1n) is 7.40. The molecule has 2 aliphatic heterocycles. The molecule has 112 valence electrons. The van der Waals surface area contributed by atoms with E-state index < -0.39 is 0 Å². The van der Waals surface area contributed by atoms with Crippen LogP contribution in [0.2, 0.25) is 0 Å². The third kappa shape index (κ3) is 2.86. The first kappa shape index (κ1) is 13.9. The first-order chi connectivity index (χ1) is 10.1. The van der Waals surface area contributed by atoms with Crippen molar-refractivity contribution in [3.05, 3.63) is 35.9 Å². The average Bonchev–Trinajstić information content (AvgIpc) is 2.90. The van der Waals surface area contributed by atoms with E-state index in [0.717, 1.165) is 38.2 Å². The zero-order valence-corrected chi connectivity index (χ0v) is 12.3. The second kappa shape index (κ2) is 5.39. The van der Waals surface area contributed by atoms with Crippen molar-refractivity contribution in [2.24, 2.45) is 5.41 Å². The lowest BCUT2D eigenvalue weighted by molar-refractivity contribution is -0.128. The summed E-state index contributed by atoms with van der Waals surface area (Å²) in [6, 6.07) is 9.89. The molecular formula is C16H21N3O2. The van der Waals surface area contributed by atoms with E-state index in [1.54, 1.807) is 6.92 Å². The van der Waals surface area contributed by atoms with E-state index >= 15 is 0 Å². The number of nitrogens with zero attached hydrogens (tertiary/aromatic N) is 2. The van der Waals surface area contributed by atoms with Crippen LogP contribution < -0.4 is 5.32 Å². The second-order valence-electron chi connectivity index (χ2n) is 6.19. The summed E-state index contributed by atoms with van der Waals surface area (Å²) in [7, 11) is 0. The number of nitrogens with one attached hydrogen (secondary N) is 1. The molecule has 1 spiro atoms. The van der Waals surface area contributed by atoms with Crippen molar-refractivity contribution >= 4 is 11.9 Å². The van der Waals surface area contributed by atoms with Gasteiger partial charge in [-0.25, -0.2) is 4.79 Å². The molecule has 0 aromatic heterocycles. The normalized spacial score (nSPS) is 19.5. The molecule has 1 aromatic rings. The summed E-state index contributed by atoms with van der Waals surface area (Å²) in [6.45, 7) is 5.32. The van der Waals surface area contributed by atoms with Crippen LogP contribution in [-0.2, 0) is 11.3 Å². The van der Waals surface area contributed by atoms with Crippen molar-refractivity contribution in [1.82, 2.24) is 15.1 Å². The third-order valence-electron chi connectivity index (χ3n) is 4.51. The molecule has 3 amide bonds. The quantitative estimate of drug-likeness (QED) is 0.895. The van der Waals surface area contributed by atoms with Gasteiger partial charge in [0, 0.05) is 45.1 Å². The van der Waals surface area contributed by atoms with E-state index in [-0.39, 0.29) is 17.4 Å². The van der Waals surface area contributed by atoms with Crippen LogP contribution >= 0.6 is 0 Å². The maximum atomic E-state index is 12.1. The number of rotatable bonds is 2. The van der Waals surface area contributed by atoms with Gasteiger partial charge < -0.3 is 15.1 Å². The molecule has 0 saturated carbocycles. The second-order valence-corrected chi connectivity index (χ2v) is 6.19. The zero-order chi connectivity index (χ0) is 14.9. The van der Waals surface area contributed by atoms with Crippen LogP contribution in [0.1, 0.15) is 18.9 Å². The molecule has 5 nitrogen and oxygen atoms in total. The Balaban J connectivity index is 1.46. The van der Waals surface area contributed by atoms with E-state index in [0.29, 0.717) is 6.54 Å². The molecule has 2 fully saturated rings. The summed E-state index contributed by atoms with van der Waals surface area (Å²) in [6.07, 6.45) is 1.01. The largest absolute Gasteiger partial charge is 0.342 e. The van der Waals surface area contributed by atoms with E-state index in [2.05, 4.69) is 5.32 Å². The average molecular weight is 287 g/mol. The van der Waals surface area contributed by atoms with Crippen molar-refractivity contribution in [3.63, 3.8) is 0 Å². The van der Waals surface area contributed by atoms with Gasteiger partial charge >= 0.3 is 6.03 Å². The Hall–Kier alpha value is -2.04. The van der Waals surface area contributed by atoms with Crippen LogP contribution in [-0.4, -0.2) is 47.9 Å².